The largest absolute Gasteiger partial charge is 0.335 e. The molecule has 1 saturated heterocycles. The van der Waals surface area contributed by atoms with E-state index in [2.05, 4.69) is 7.05 Å². The van der Waals surface area contributed by atoms with E-state index in [4.69, 9.17) is 23.4 Å². The van der Waals surface area contributed by atoms with Crippen molar-refractivity contribution >= 4 is 0 Å². The van der Waals surface area contributed by atoms with Crippen molar-refractivity contribution in [2.45, 2.75) is 12.8 Å². The monoisotopic (exact) mass is 229 g/mol. The van der Waals surface area contributed by atoms with Crippen LogP contribution in [0.1, 0.15) is 12.8 Å². The maximum atomic E-state index is 8.49. The van der Waals surface area contributed by atoms with Crippen LogP contribution in [-0.4, -0.2) is 38.5 Å². The molecule has 0 radical (unpaired) electrons. The van der Waals surface area contributed by atoms with Crippen molar-refractivity contribution in [3.05, 3.63) is 0 Å². The van der Waals surface area contributed by atoms with Gasteiger partial charge in [0.2, 0.25) is 0 Å². The predicted molar refractivity (Wildman–Crippen MR) is 37.0 cm³/mol. The van der Waals surface area contributed by atoms with Gasteiger partial charge in [-0.1, -0.05) is 0 Å². The van der Waals surface area contributed by atoms with Crippen LogP contribution in [0.3, 0.4) is 0 Å². The second-order valence-electron chi connectivity index (χ2n) is 3.57. The third-order valence-corrected chi connectivity index (χ3v) is 2.09. The molecule has 0 amide bonds. The van der Waals surface area contributed by atoms with Crippen molar-refractivity contribution < 1.29 is 38.1 Å². The Hall–Kier alpha value is 0.0500. The molecule has 0 spiro atoms. The Morgan fingerprint density at radius 3 is 1.79 bits per heavy atom. The number of quaternary nitrogens is 1. The standard InChI is InChI=1S/C7H16NO.ClHO4/c1-8(7-9-2)5-3-4-6-8;2-1(3,4)5/h3-7H2,1-2H3;(H,2,3,4,5)/q+1;/p-1. The van der Waals surface area contributed by atoms with Crippen LogP contribution >= 0.6 is 0 Å². The molecular weight excluding hydrogens is 214 g/mol. The lowest BCUT2D eigenvalue weighted by Crippen LogP contribution is -2.68. The van der Waals surface area contributed by atoms with E-state index >= 15 is 0 Å². The maximum absolute atomic E-state index is 8.49. The highest BCUT2D eigenvalue weighted by atomic mass is 35.7. The van der Waals surface area contributed by atoms with Crippen LogP contribution in [-0.2, 0) is 4.74 Å². The first-order valence-corrected chi connectivity index (χ1v) is 5.44. The molecule has 1 heterocycles. The Morgan fingerprint density at radius 2 is 1.50 bits per heavy atom. The molecule has 0 aromatic carbocycles. The number of hydrogen-bond acceptors (Lipinski definition) is 5. The van der Waals surface area contributed by atoms with Crippen LogP contribution in [0.15, 0.2) is 0 Å². The summed E-state index contributed by atoms with van der Waals surface area (Å²) in [5, 5.41) is 0. The summed E-state index contributed by atoms with van der Waals surface area (Å²) in [5.41, 5.74) is 0. The summed E-state index contributed by atoms with van der Waals surface area (Å²) < 4.78 is 40.2. The zero-order chi connectivity index (χ0) is 11.2. The molecule has 14 heavy (non-hydrogen) atoms. The van der Waals surface area contributed by atoms with Gasteiger partial charge in [-0.3, -0.25) is 0 Å². The molecule has 0 aromatic rings. The molecule has 6 nitrogen and oxygen atoms in total. The molecule has 7 heteroatoms. The number of methoxy groups -OCH3 is 1. The van der Waals surface area contributed by atoms with Gasteiger partial charge in [0, 0.05) is 20.0 Å². The van der Waals surface area contributed by atoms with Gasteiger partial charge in [0.1, 0.15) is 0 Å². The lowest BCUT2D eigenvalue weighted by Gasteiger charge is -2.27. The van der Waals surface area contributed by atoms with E-state index in [9.17, 15) is 0 Å². The molecule has 86 valence electrons. The van der Waals surface area contributed by atoms with Crippen LogP contribution in [0.2, 0.25) is 0 Å². The van der Waals surface area contributed by atoms with E-state index in [-0.39, 0.29) is 0 Å². The van der Waals surface area contributed by atoms with Gasteiger partial charge in [-0.15, -0.1) is 10.2 Å². The number of rotatable bonds is 2. The summed E-state index contributed by atoms with van der Waals surface area (Å²) in [7, 11) is -0.904. The smallest absolute Gasteiger partial charge is 0.182 e. The van der Waals surface area contributed by atoms with Crippen molar-refractivity contribution in [3.8, 4) is 0 Å². The quantitative estimate of drug-likeness (QED) is 0.450. The molecule has 0 unspecified atom stereocenters. The number of nitrogens with zero attached hydrogens (tertiary/aromatic N) is 1. The van der Waals surface area contributed by atoms with Crippen molar-refractivity contribution in [2.24, 2.45) is 0 Å². The molecule has 0 aliphatic carbocycles. The highest BCUT2D eigenvalue weighted by Gasteiger charge is 2.25. The first-order chi connectivity index (χ1) is 6.27. The molecule has 0 atom stereocenters. The van der Waals surface area contributed by atoms with Gasteiger partial charge in [-0.05, 0) is 0 Å². The Morgan fingerprint density at radius 1 is 1.14 bits per heavy atom. The van der Waals surface area contributed by atoms with Gasteiger partial charge >= 0.3 is 0 Å². The highest BCUT2D eigenvalue weighted by molar-refractivity contribution is 4.48. The van der Waals surface area contributed by atoms with Gasteiger partial charge in [-0.2, -0.15) is 0 Å². The predicted octanol–water partition coefficient (Wildman–Crippen LogP) is -3.93. The Bertz CT molecular complexity index is 149. The van der Waals surface area contributed by atoms with Gasteiger partial charge < -0.3 is 9.22 Å². The number of ether oxygens (including phenoxy) is 1. The molecule has 0 bridgehead atoms. The summed E-state index contributed by atoms with van der Waals surface area (Å²) in [6.07, 6.45) is 2.75. The Labute approximate surface area is 85.6 Å². The van der Waals surface area contributed by atoms with E-state index in [1.54, 1.807) is 7.11 Å². The summed E-state index contributed by atoms with van der Waals surface area (Å²) in [4.78, 5) is 0. The van der Waals surface area contributed by atoms with Gasteiger partial charge in [0.15, 0.2) is 6.73 Å². The van der Waals surface area contributed by atoms with Gasteiger partial charge in [-0.25, -0.2) is 18.6 Å². The topological polar surface area (TPSA) is 101 Å². The molecule has 0 saturated carbocycles. The average Bonchev–Trinajstić information content (AvgIpc) is 2.33. The zero-order valence-corrected chi connectivity index (χ0v) is 9.16. The third kappa shape index (κ3) is 8.64. The van der Waals surface area contributed by atoms with Crippen LogP contribution in [0.25, 0.3) is 0 Å². The minimum Gasteiger partial charge on any atom is -0.335 e. The molecule has 1 aliphatic rings. The number of likely N-dealkylation sites (tertiary alicyclic amines) is 1. The van der Waals surface area contributed by atoms with E-state index in [1.165, 1.54) is 25.9 Å². The van der Waals surface area contributed by atoms with Gasteiger partial charge in [0.05, 0.1) is 20.1 Å². The maximum Gasteiger partial charge on any atom is 0.182 e. The number of hydrogen-bond donors (Lipinski definition) is 0. The van der Waals surface area contributed by atoms with E-state index < -0.39 is 10.2 Å². The first kappa shape index (κ1) is 14.1. The van der Waals surface area contributed by atoms with E-state index in [0.29, 0.717) is 0 Å². The number of halogens is 1. The molecule has 1 aliphatic heterocycles. The molecule has 0 aromatic heterocycles. The minimum atomic E-state index is -4.94. The summed E-state index contributed by atoms with van der Waals surface area (Å²) in [6, 6.07) is 0. The summed E-state index contributed by atoms with van der Waals surface area (Å²) in [6.45, 7) is 3.49. The fourth-order valence-corrected chi connectivity index (χ4v) is 1.54. The molecular formula is C7H16ClNO5. The van der Waals surface area contributed by atoms with Crippen LogP contribution in [0, 0.1) is 10.2 Å². The fourth-order valence-electron chi connectivity index (χ4n) is 1.54. The molecule has 1 rings (SSSR count). The molecule has 0 N–H and O–H groups in total. The normalized spacial score (nSPS) is 20.1. The van der Waals surface area contributed by atoms with Gasteiger partial charge in [0.25, 0.3) is 0 Å². The third-order valence-electron chi connectivity index (χ3n) is 2.09. The first-order valence-electron chi connectivity index (χ1n) is 4.21. The van der Waals surface area contributed by atoms with Crippen molar-refractivity contribution in [3.63, 3.8) is 0 Å². The van der Waals surface area contributed by atoms with Crippen molar-refractivity contribution in [1.82, 2.24) is 0 Å². The average molecular weight is 230 g/mol. The van der Waals surface area contributed by atoms with E-state index in [0.717, 1.165) is 11.2 Å². The Kier molecular flexibility index (Phi) is 5.84. The van der Waals surface area contributed by atoms with Crippen LogP contribution in [0.4, 0.5) is 0 Å². The summed E-state index contributed by atoms with van der Waals surface area (Å²) >= 11 is 0. The fraction of sp³-hybridized carbons (Fsp3) is 1.00. The van der Waals surface area contributed by atoms with Crippen molar-refractivity contribution in [1.29, 1.82) is 0 Å². The Balaban J connectivity index is 0.000000292. The highest BCUT2D eigenvalue weighted by Crippen LogP contribution is 2.14. The van der Waals surface area contributed by atoms with Crippen LogP contribution in [0.5, 0.6) is 0 Å². The van der Waals surface area contributed by atoms with Crippen molar-refractivity contribution in [2.75, 3.05) is 34.0 Å². The lowest BCUT2D eigenvalue weighted by atomic mass is 10.4. The zero-order valence-electron chi connectivity index (χ0n) is 8.40. The molecule has 1 fully saturated rings. The SMILES string of the molecule is COC[N+]1(C)CCCC1.[O-][Cl+3]([O-])([O-])[O-]. The minimum absolute atomic E-state index is 0.889. The van der Waals surface area contributed by atoms with E-state index in [1.807, 2.05) is 0 Å². The van der Waals surface area contributed by atoms with Crippen LogP contribution < -0.4 is 18.6 Å². The second-order valence-corrected chi connectivity index (χ2v) is 4.33. The summed E-state index contributed by atoms with van der Waals surface area (Å²) in [5.74, 6) is 0. The second kappa shape index (κ2) is 5.82. The lowest BCUT2D eigenvalue weighted by molar-refractivity contribution is -2.00.